The number of rotatable bonds is 6. The number of benzene rings is 1. The number of carbonyl (C=O) groups is 1. The van der Waals surface area contributed by atoms with Gasteiger partial charge >= 0.3 is 0 Å². The summed E-state index contributed by atoms with van der Waals surface area (Å²) in [5.74, 6) is 0.396. The van der Waals surface area contributed by atoms with E-state index in [0.717, 1.165) is 11.3 Å². The molecule has 0 saturated carbocycles. The maximum absolute atomic E-state index is 12.4. The Bertz CT molecular complexity index is 997. The standard InChI is InChI=1S/C21H22N4O2/c1-15-8-6-11-19(26)25(15)13-7-12-22-21(27)18-14-23-20(24-16(18)2)17-9-4-3-5-10-17/h3-6,8-11,14H,7,12-13H2,1-2H3,(H,22,27). The molecule has 2 aromatic heterocycles. The lowest BCUT2D eigenvalue weighted by molar-refractivity contribution is 0.0951. The fraction of sp³-hybridized carbons (Fsp3) is 0.238. The molecule has 0 bridgehead atoms. The van der Waals surface area contributed by atoms with Gasteiger partial charge < -0.3 is 9.88 Å². The number of pyridine rings is 1. The monoisotopic (exact) mass is 362 g/mol. The largest absolute Gasteiger partial charge is 0.352 e. The van der Waals surface area contributed by atoms with Crippen LogP contribution in [0.1, 0.15) is 28.2 Å². The highest BCUT2D eigenvalue weighted by atomic mass is 16.1. The smallest absolute Gasteiger partial charge is 0.254 e. The lowest BCUT2D eigenvalue weighted by Gasteiger charge is -2.11. The zero-order chi connectivity index (χ0) is 19.2. The molecule has 1 N–H and O–H groups in total. The maximum atomic E-state index is 12.4. The molecule has 3 rings (SSSR count). The van der Waals surface area contributed by atoms with Gasteiger partial charge in [0, 0.05) is 36.6 Å². The molecule has 0 unspecified atom stereocenters. The van der Waals surface area contributed by atoms with Crippen LogP contribution < -0.4 is 10.9 Å². The molecule has 0 aliphatic rings. The van der Waals surface area contributed by atoms with E-state index in [-0.39, 0.29) is 11.5 Å². The molecule has 27 heavy (non-hydrogen) atoms. The topological polar surface area (TPSA) is 76.9 Å². The molecule has 0 spiro atoms. The van der Waals surface area contributed by atoms with Crippen molar-refractivity contribution in [3.05, 3.63) is 82.0 Å². The fourth-order valence-corrected chi connectivity index (χ4v) is 2.86. The second kappa shape index (κ2) is 8.40. The van der Waals surface area contributed by atoms with E-state index < -0.39 is 0 Å². The highest BCUT2D eigenvalue weighted by molar-refractivity contribution is 5.95. The lowest BCUT2D eigenvalue weighted by atomic mass is 10.2. The van der Waals surface area contributed by atoms with E-state index in [1.807, 2.05) is 43.3 Å². The van der Waals surface area contributed by atoms with Gasteiger partial charge in [-0.3, -0.25) is 9.59 Å². The molecule has 0 saturated heterocycles. The summed E-state index contributed by atoms with van der Waals surface area (Å²) >= 11 is 0. The number of carbonyl (C=O) groups excluding carboxylic acids is 1. The number of hydrogen-bond acceptors (Lipinski definition) is 4. The van der Waals surface area contributed by atoms with Crippen LogP contribution in [-0.2, 0) is 6.54 Å². The summed E-state index contributed by atoms with van der Waals surface area (Å²) < 4.78 is 1.70. The van der Waals surface area contributed by atoms with Crippen molar-refractivity contribution >= 4 is 5.91 Å². The van der Waals surface area contributed by atoms with Gasteiger partial charge in [0.25, 0.3) is 11.5 Å². The van der Waals surface area contributed by atoms with Crippen LogP contribution >= 0.6 is 0 Å². The van der Waals surface area contributed by atoms with Gasteiger partial charge in [-0.15, -0.1) is 0 Å². The Hall–Kier alpha value is -3.28. The third kappa shape index (κ3) is 4.47. The normalized spacial score (nSPS) is 10.6. The Labute approximate surface area is 157 Å². The first-order valence-electron chi connectivity index (χ1n) is 8.90. The second-order valence-electron chi connectivity index (χ2n) is 6.33. The van der Waals surface area contributed by atoms with Crippen LogP contribution in [0.25, 0.3) is 11.4 Å². The second-order valence-corrected chi connectivity index (χ2v) is 6.33. The average molecular weight is 362 g/mol. The Morgan fingerprint density at radius 3 is 2.56 bits per heavy atom. The molecular formula is C21H22N4O2. The number of hydrogen-bond donors (Lipinski definition) is 1. The third-order valence-corrected chi connectivity index (χ3v) is 4.37. The van der Waals surface area contributed by atoms with Crippen LogP contribution in [0.5, 0.6) is 0 Å². The molecule has 0 atom stereocenters. The van der Waals surface area contributed by atoms with E-state index >= 15 is 0 Å². The first-order chi connectivity index (χ1) is 13.1. The van der Waals surface area contributed by atoms with Gasteiger partial charge in [0.05, 0.1) is 11.3 Å². The van der Waals surface area contributed by atoms with E-state index in [4.69, 9.17) is 0 Å². The predicted molar refractivity (Wildman–Crippen MR) is 105 cm³/mol. The lowest BCUT2D eigenvalue weighted by Crippen LogP contribution is -2.28. The van der Waals surface area contributed by atoms with Gasteiger partial charge in [-0.05, 0) is 26.3 Å². The Morgan fingerprint density at radius 2 is 1.85 bits per heavy atom. The van der Waals surface area contributed by atoms with Crippen LogP contribution in [0.3, 0.4) is 0 Å². The Balaban J connectivity index is 1.59. The summed E-state index contributed by atoms with van der Waals surface area (Å²) in [5.41, 5.74) is 2.90. The summed E-state index contributed by atoms with van der Waals surface area (Å²) in [6.07, 6.45) is 2.23. The molecule has 138 valence electrons. The molecule has 6 nitrogen and oxygen atoms in total. The molecule has 2 heterocycles. The number of nitrogens with one attached hydrogen (secondary N) is 1. The molecular weight excluding hydrogens is 340 g/mol. The number of aryl methyl sites for hydroxylation is 2. The average Bonchev–Trinajstić information content (AvgIpc) is 2.67. The van der Waals surface area contributed by atoms with E-state index in [0.29, 0.717) is 36.6 Å². The highest BCUT2D eigenvalue weighted by Gasteiger charge is 2.12. The van der Waals surface area contributed by atoms with Crippen LogP contribution in [0.15, 0.2) is 59.5 Å². The number of amides is 1. The number of nitrogens with zero attached hydrogens (tertiary/aromatic N) is 3. The molecule has 1 aromatic carbocycles. The highest BCUT2D eigenvalue weighted by Crippen LogP contribution is 2.15. The first-order valence-corrected chi connectivity index (χ1v) is 8.90. The van der Waals surface area contributed by atoms with Crippen molar-refractivity contribution in [2.45, 2.75) is 26.8 Å². The quantitative estimate of drug-likeness (QED) is 0.684. The zero-order valence-corrected chi connectivity index (χ0v) is 15.5. The summed E-state index contributed by atoms with van der Waals surface area (Å²) in [5, 5.41) is 2.87. The third-order valence-electron chi connectivity index (χ3n) is 4.37. The van der Waals surface area contributed by atoms with Crippen molar-refractivity contribution in [2.75, 3.05) is 6.54 Å². The Kier molecular flexibility index (Phi) is 5.76. The molecule has 0 fully saturated rings. The molecule has 3 aromatic rings. The van der Waals surface area contributed by atoms with Gasteiger partial charge in [-0.2, -0.15) is 0 Å². The van der Waals surface area contributed by atoms with Crippen LogP contribution in [0.4, 0.5) is 0 Å². The van der Waals surface area contributed by atoms with Crippen molar-refractivity contribution < 1.29 is 4.79 Å². The van der Waals surface area contributed by atoms with E-state index in [2.05, 4.69) is 15.3 Å². The van der Waals surface area contributed by atoms with Gasteiger partial charge in [-0.1, -0.05) is 36.4 Å². The van der Waals surface area contributed by atoms with Crippen molar-refractivity contribution in [2.24, 2.45) is 0 Å². The van der Waals surface area contributed by atoms with Gasteiger partial charge in [-0.25, -0.2) is 9.97 Å². The minimum Gasteiger partial charge on any atom is -0.352 e. The predicted octanol–water partition coefficient (Wildman–Crippen LogP) is 2.74. The van der Waals surface area contributed by atoms with Crippen LogP contribution in [-0.4, -0.2) is 27.0 Å². The van der Waals surface area contributed by atoms with Crippen molar-refractivity contribution in [1.82, 2.24) is 19.9 Å². The van der Waals surface area contributed by atoms with Crippen LogP contribution in [0, 0.1) is 13.8 Å². The maximum Gasteiger partial charge on any atom is 0.254 e. The SMILES string of the molecule is Cc1nc(-c2ccccc2)ncc1C(=O)NCCCn1c(C)cccc1=O. The summed E-state index contributed by atoms with van der Waals surface area (Å²) in [6, 6.07) is 14.8. The first kappa shape index (κ1) is 18.5. The van der Waals surface area contributed by atoms with E-state index in [1.165, 1.54) is 0 Å². The minimum absolute atomic E-state index is 0.0259. The van der Waals surface area contributed by atoms with Crippen LogP contribution in [0.2, 0.25) is 0 Å². The summed E-state index contributed by atoms with van der Waals surface area (Å²) in [6.45, 7) is 4.73. The molecule has 6 heteroatoms. The van der Waals surface area contributed by atoms with Crippen molar-refractivity contribution in [3.63, 3.8) is 0 Å². The molecule has 0 aliphatic heterocycles. The zero-order valence-electron chi connectivity index (χ0n) is 15.5. The van der Waals surface area contributed by atoms with Gasteiger partial charge in [0.15, 0.2) is 5.82 Å². The number of aromatic nitrogens is 3. The summed E-state index contributed by atoms with van der Waals surface area (Å²) in [7, 11) is 0. The fourth-order valence-electron chi connectivity index (χ4n) is 2.86. The molecule has 0 radical (unpaired) electrons. The van der Waals surface area contributed by atoms with Crippen molar-refractivity contribution in [3.8, 4) is 11.4 Å². The minimum atomic E-state index is -0.204. The van der Waals surface area contributed by atoms with Crippen molar-refractivity contribution in [1.29, 1.82) is 0 Å². The molecule has 0 aliphatic carbocycles. The van der Waals surface area contributed by atoms with E-state index in [1.54, 1.807) is 29.8 Å². The summed E-state index contributed by atoms with van der Waals surface area (Å²) in [4.78, 5) is 33.0. The molecule has 1 amide bonds. The van der Waals surface area contributed by atoms with E-state index in [9.17, 15) is 9.59 Å². The Morgan fingerprint density at radius 1 is 1.07 bits per heavy atom. The van der Waals surface area contributed by atoms with Gasteiger partial charge in [0.2, 0.25) is 0 Å². The van der Waals surface area contributed by atoms with Gasteiger partial charge in [0.1, 0.15) is 0 Å².